The second kappa shape index (κ2) is 7.71. The number of halogens is 1. The van der Waals surface area contributed by atoms with E-state index in [1.807, 2.05) is 0 Å². The maximum absolute atomic E-state index is 12.5. The van der Waals surface area contributed by atoms with Crippen LogP contribution in [-0.4, -0.2) is 38.7 Å². The minimum absolute atomic E-state index is 0.186. The predicted molar refractivity (Wildman–Crippen MR) is 97.7 cm³/mol. The largest absolute Gasteiger partial charge is 0.495 e. The first-order valence-electron chi connectivity index (χ1n) is 7.28. The van der Waals surface area contributed by atoms with Crippen LogP contribution in [0.25, 0.3) is 0 Å². The minimum atomic E-state index is -3.79. The van der Waals surface area contributed by atoms with Gasteiger partial charge >= 0.3 is 0 Å². The summed E-state index contributed by atoms with van der Waals surface area (Å²) in [6.45, 7) is 1.48. The van der Waals surface area contributed by atoms with Crippen LogP contribution in [0, 0.1) is 0 Å². The van der Waals surface area contributed by atoms with Crippen LogP contribution in [0.5, 0.6) is 5.75 Å². The van der Waals surface area contributed by atoms with Crippen molar-refractivity contribution in [2.75, 3.05) is 23.0 Å². The van der Waals surface area contributed by atoms with Crippen LogP contribution in [-0.2, 0) is 14.8 Å². The smallest absolute Gasteiger partial charge is 0.248 e. The van der Waals surface area contributed by atoms with E-state index < -0.39 is 22.0 Å². The molecule has 0 saturated carbocycles. The number of pyridine rings is 1. The third-order valence-corrected chi connectivity index (χ3v) is 4.86. The van der Waals surface area contributed by atoms with Gasteiger partial charge in [0.2, 0.25) is 15.9 Å². The molecule has 0 saturated heterocycles. The van der Waals surface area contributed by atoms with E-state index in [-0.39, 0.29) is 11.4 Å². The SMILES string of the molecule is COc1ccc(Cl)cc1N([C@H](C)C(=O)Nc1cccnc1)S(C)(=O)=O. The van der Waals surface area contributed by atoms with Crippen LogP contribution in [0.4, 0.5) is 11.4 Å². The molecule has 0 fully saturated rings. The number of nitrogens with zero attached hydrogens (tertiary/aromatic N) is 2. The number of ether oxygens (including phenoxy) is 1. The Bertz CT molecular complexity index is 859. The van der Waals surface area contributed by atoms with E-state index in [0.29, 0.717) is 10.7 Å². The van der Waals surface area contributed by atoms with E-state index in [4.69, 9.17) is 16.3 Å². The summed E-state index contributed by atoms with van der Waals surface area (Å²) in [6.07, 6.45) is 4.05. The van der Waals surface area contributed by atoms with E-state index in [9.17, 15) is 13.2 Å². The Labute approximate surface area is 151 Å². The summed E-state index contributed by atoms with van der Waals surface area (Å²) in [5, 5.41) is 2.96. The normalized spacial score (nSPS) is 12.3. The minimum Gasteiger partial charge on any atom is -0.495 e. The van der Waals surface area contributed by atoms with Gasteiger partial charge in [0.1, 0.15) is 11.8 Å². The van der Waals surface area contributed by atoms with Crippen LogP contribution >= 0.6 is 11.6 Å². The first-order chi connectivity index (χ1) is 11.7. The number of hydrogen-bond donors (Lipinski definition) is 1. The van der Waals surface area contributed by atoms with E-state index in [1.54, 1.807) is 30.5 Å². The molecule has 2 rings (SSSR count). The van der Waals surface area contributed by atoms with E-state index in [0.717, 1.165) is 10.6 Å². The fourth-order valence-corrected chi connectivity index (χ4v) is 3.64. The zero-order valence-corrected chi connectivity index (χ0v) is 15.5. The van der Waals surface area contributed by atoms with Gasteiger partial charge in [-0.25, -0.2) is 8.42 Å². The van der Waals surface area contributed by atoms with Gasteiger partial charge in [0.05, 0.1) is 30.9 Å². The Morgan fingerprint density at radius 2 is 2.08 bits per heavy atom. The van der Waals surface area contributed by atoms with Crippen molar-refractivity contribution in [3.8, 4) is 5.75 Å². The van der Waals surface area contributed by atoms with Crippen LogP contribution in [0.1, 0.15) is 6.92 Å². The fourth-order valence-electron chi connectivity index (χ4n) is 2.30. The van der Waals surface area contributed by atoms with Gasteiger partial charge in [0, 0.05) is 11.2 Å². The van der Waals surface area contributed by atoms with E-state index in [1.165, 1.54) is 26.3 Å². The standard InChI is InChI=1S/C16H18ClN3O4S/c1-11(16(21)19-13-5-4-8-18-10-13)20(25(3,22)23)14-9-12(17)6-7-15(14)24-2/h4-11H,1-3H3,(H,19,21)/t11-/m1/s1. The van der Waals surface area contributed by atoms with Crippen molar-refractivity contribution in [2.24, 2.45) is 0 Å². The number of aromatic nitrogens is 1. The lowest BCUT2D eigenvalue weighted by Crippen LogP contribution is -2.45. The van der Waals surface area contributed by atoms with Crippen LogP contribution in [0.15, 0.2) is 42.7 Å². The summed E-state index contributed by atoms with van der Waals surface area (Å²) in [4.78, 5) is 16.4. The fraction of sp³-hybridized carbons (Fsp3) is 0.250. The predicted octanol–water partition coefficient (Wildman–Crippen LogP) is 2.54. The molecule has 0 spiro atoms. The second-order valence-corrected chi connectivity index (χ2v) is 7.58. The van der Waals surface area contributed by atoms with Gasteiger partial charge in [-0.3, -0.25) is 14.1 Å². The van der Waals surface area contributed by atoms with Gasteiger partial charge in [0.25, 0.3) is 0 Å². The molecule has 134 valence electrons. The highest BCUT2D eigenvalue weighted by Crippen LogP contribution is 2.34. The lowest BCUT2D eigenvalue weighted by molar-refractivity contribution is -0.116. The van der Waals surface area contributed by atoms with Crippen molar-refractivity contribution < 1.29 is 17.9 Å². The Morgan fingerprint density at radius 1 is 1.36 bits per heavy atom. The average molecular weight is 384 g/mol. The van der Waals surface area contributed by atoms with Gasteiger partial charge in [-0.15, -0.1) is 0 Å². The van der Waals surface area contributed by atoms with Crippen molar-refractivity contribution in [1.29, 1.82) is 0 Å². The highest BCUT2D eigenvalue weighted by Gasteiger charge is 2.31. The zero-order valence-electron chi connectivity index (χ0n) is 13.9. The molecule has 2 aromatic rings. The van der Waals surface area contributed by atoms with E-state index >= 15 is 0 Å². The molecule has 0 unspecified atom stereocenters. The van der Waals surface area contributed by atoms with Crippen molar-refractivity contribution in [1.82, 2.24) is 4.98 Å². The molecule has 1 aromatic carbocycles. The molecule has 9 heteroatoms. The van der Waals surface area contributed by atoms with Crippen molar-refractivity contribution in [3.63, 3.8) is 0 Å². The molecule has 1 atom stereocenters. The Morgan fingerprint density at radius 3 is 2.64 bits per heavy atom. The number of anilines is 2. The van der Waals surface area contributed by atoms with Gasteiger partial charge in [-0.1, -0.05) is 11.6 Å². The maximum atomic E-state index is 12.5. The van der Waals surface area contributed by atoms with Gasteiger partial charge < -0.3 is 10.1 Å². The summed E-state index contributed by atoms with van der Waals surface area (Å²) in [5.74, 6) is -0.226. The van der Waals surface area contributed by atoms with Crippen LogP contribution < -0.4 is 14.4 Å². The molecule has 0 aliphatic carbocycles. The maximum Gasteiger partial charge on any atom is 0.248 e. The molecule has 0 radical (unpaired) electrons. The second-order valence-electron chi connectivity index (χ2n) is 5.28. The molecule has 1 N–H and O–H groups in total. The molecule has 0 aliphatic heterocycles. The molecule has 0 bridgehead atoms. The number of carbonyl (C=O) groups is 1. The molecule has 1 heterocycles. The molecule has 1 aromatic heterocycles. The summed E-state index contributed by atoms with van der Waals surface area (Å²) in [5.41, 5.74) is 0.650. The molecule has 1 amide bonds. The quantitative estimate of drug-likeness (QED) is 0.828. The molecular weight excluding hydrogens is 366 g/mol. The number of sulfonamides is 1. The lowest BCUT2D eigenvalue weighted by Gasteiger charge is -2.29. The zero-order chi connectivity index (χ0) is 18.6. The first-order valence-corrected chi connectivity index (χ1v) is 9.50. The number of amides is 1. The van der Waals surface area contributed by atoms with Gasteiger partial charge in [-0.05, 0) is 37.3 Å². The monoisotopic (exact) mass is 383 g/mol. The van der Waals surface area contributed by atoms with Crippen LogP contribution in [0.3, 0.4) is 0 Å². The lowest BCUT2D eigenvalue weighted by atomic mass is 10.2. The van der Waals surface area contributed by atoms with Gasteiger partial charge in [-0.2, -0.15) is 0 Å². The molecule has 25 heavy (non-hydrogen) atoms. The summed E-state index contributed by atoms with van der Waals surface area (Å²) < 4.78 is 30.9. The van der Waals surface area contributed by atoms with E-state index in [2.05, 4.69) is 10.3 Å². The highest BCUT2D eigenvalue weighted by atomic mass is 35.5. The van der Waals surface area contributed by atoms with Gasteiger partial charge in [0.15, 0.2) is 0 Å². The molecular formula is C16H18ClN3O4S. The number of benzene rings is 1. The highest BCUT2D eigenvalue weighted by molar-refractivity contribution is 7.92. The Kier molecular flexibility index (Phi) is 5.86. The van der Waals surface area contributed by atoms with Crippen LogP contribution in [0.2, 0.25) is 5.02 Å². The van der Waals surface area contributed by atoms with Crippen molar-refractivity contribution in [3.05, 3.63) is 47.7 Å². The third-order valence-electron chi connectivity index (χ3n) is 3.40. The number of methoxy groups -OCH3 is 1. The summed E-state index contributed by atoms with van der Waals surface area (Å²) in [7, 11) is -2.38. The molecule has 7 nitrogen and oxygen atoms in total. The topological polar surface area (TPSA) is 88.6 Å². The van der Waals surface area contributed by atoms with Crippen molar-refractivity contribution >= 4 is 38.9 Å². The number of carbonyl (C=O) groups excluding carboxylic acids is 1. The first kappa shape index (κ1) is 19.0. The number of hydrogen-bond acceptors (Lipinski definition) is 5. The Hall–Kier alpha value is -2.32. The number of rotatable bonds is 6. The summed E-state index contributed by atoms with van der Waals surface area (Å²) >= 11 is 6.00. The average Bonchev–Trinajstić information content (AvgIpc) is 2.55. The van der Waals surface area contributed by atoms with Crippen molar-refractivity contribution in [2.45, 2.75) is 13.0 Å². The molecule has 0 aliphatic rings. The Balaban J connectivity index is 2.41. The number of nitrogens with one attached hydrogen (secondary N) is 1. The third kappa shape index (κ3) is 4.61. The summed E-state index contributed by atoms with van der Waals surface area (Å²) in [6, 6.07) is 6.83.